The summed E-state index contributed by atoms with van der Waals surface area (Å²) in [7, 11) is 0. The van der Waals surface area contributed by atoms with Crippen molar-refractivity contribution >= 4 is 11.6 Å². The number of rotatable bonds is 7. The average Bonchev–Trinajstić information content (AvgIpc) is 2.45. The van der Waals surface area contributed by atoms with Gasteiger partial charge in [0.15, 0.2) is 6.61 Å². The Kier molecular flexibility index (Phi) is 5.93. The van der Waals surface area contributed by atoms with Gasteiger partial charge in [-0.3, -0.25) is 14.9 Å². The SMILES string of the molecule is N#CCCNC(=O)COc1ccc([N+](=O)[O-])cc1CN. The highest BCUT2D eigenvalue weighted by molar-refractivity contribution is 5.77. The van der Waals surface area contributed by atoms with Crippen LogP contribution < -0.4 is 15.8 Å². The second-order valence-corrected chi connectivity index (χ2v) is 3.80. The Morgan fingerprint density at radius 3 is 2.90 bits per heavy atom. The standard InChI is InChI=1S/C12H14N4O4/c13-4-1-5-15-12(17)8-20-11-3-2-10(16(18)19)6-9(11)7-14/h2-3,6H,1,5,7-8,14H2,(H,15,17). The maximum atomic E-state index is 11.4. The zero-order chi connectivity index (χ0) is 15.0. The normalized spacial score (nSPS) is 9.60. The van der Waals surface area contributed by atoms with Crippen molar-refractivity contribution in [3.63, 3.8) is 0 Å². The molecule has 0 aliphatic rings. The molecule has 0 aliphatic heterocycles. The van der Waals surface area contributed by atoms with E-state index in [0.29, 0.717) is 11.3 Å². The molecule has 8 nitrogen and oxygen atoms in total. The number of nitrogens with zero attached hydrogens (tertiary/aromatic N) is 2. The summed E-state index contributed by atoms with van der Waals surface area (Å²) < 4.78 is 5.26. The van der Waals surface area contributed by atoms with Crippen LogP contribution in [0.2, 0.25) is 0 Å². The number of carbonyl (C=O) groups excluding carboxylic acids is 1. The van der Waals surface area contributed by atoms with Crippen LogP contribution in [0.25, 0.3) is 0 Å². The number of nitriles is 1. The van der Waals surface area contributed by atoms with E-state index in [2.05, 4.69) is 5.32 Å². The molecule has 0 bridgehead atoms. The Labute approximate surface area is 115 Å². The lowest BCUT2D eigenvalue weighted by Crippen LogP contribution is -2.29. The molecule has 0 saturated heterocycles. The third-order valence-corrected chi connectivity index (χ3v) is 2.39. The molecule has 0 aliphatic carbocycles. The third-order valence-electron chi connectivity index (χ3n) is 2.39. The molecular formula is C12H14N4O4. The lowest BCUT2D eigenvalue weighted by Gasteiger charge is -2.10. The van der Waals surface area contributed by atoms with Gasteiger partial charge in [0.1, 0.15) is 5.75 Å². The molecule has 1 rings (SSSR count). The van der Waals surface area contributed by atoms with Crippen LogP contribution >= 0.6 is 0 Å². The first-order valence-corrected chi connectivity index (χ1v) is 5.82. The molecule has 0 fully saturated rings. The van der Waals surface area contributed by atoms with E-state index in [9.17, 15) is 14.9 Å². The molecule has 0 spiro atoms. The summed E-state index contributed by atoms with van der Waals surface area (Å²) in [4.78, 5) is 21.5. The van der Waals surface area contributed by atoms with Gasteiger partial charge in [0.25, 0.3) is 11.6 Å². The largest absolute Gasteiger partial charge is 0.483 e. The number of benzene rings is 1. The summed E-state index contributed by atoms with van der Waals surface area (Å²) in [5.41, 5.74) is 5.85. The number of amides is 1. The van der Waals surface area contributed by atoms with Crippen LogP contribution in [0.15, 0.2) is 18.2 Å². The van der Waals surface area contributed by atoms with Gasteiger partial charge in [-0.15, -0.1) is 0 Å². The molecule has 1 aromatic carbocycles. The number of hydrogen-bond acceptors (Lipinski definition) is 6. The number of nitro groups is 1. The van der Waals surface area contributed by atoms with Gasteiger partial charge in [-0.05, 0) is 6.07 Å². The molecule has 0 unspecified atom stereocenters. The summed E-state index contributed by atoms with van der Waals surface area (Å²) in [6.45, 7) is 0.0754. The van der Waals surface area contributed by atoms with Gasteiger partial charge in [-0.2, -0.15) is 5.26 Å². The zero-order valence-corrected chi connectivity index (χ0v) is 10.7. The van der Waals surface area contributed by atoms with Gasteiger partial charge in [-0.25, -0.2) is 0 Å². The molecule has 0 heterocycles. The number of carbonyl (C=O) groups is 1. The predicted molar refractivity (Wildman–Crippen MR) is 69.7 cm³/mol. The fourth-order valence-electron chi connectivity index (χ4n) is 1.43. The number of non-ortho nitro benzene ring substituents is 1. The highest BCUT2D eigenvalue weighted by Crippen LogP contribution is 2.23. The van der Waals surface area contributed by atoms with E-state index < -0.39 is 4.92 Å². The van der Waals surface area contributed by atoms with Crippen molar-refractivity contribution in [3.8, 4) is 11.8 Å². The van der Waals surface area contributed by atoms with Gasteiger partial charge in [0, 0.05) is 30.8 Å². The number of nitro benzene ring substituents is 1. The first kappa shape index (κ1) is 15.4. The number of hydrogen-bond donors (Lipinski definition) is 2. The molecule has 1 amide bonds. The Bertz CT molecular complexity index is 539. The highest BCUT2D eigenvalue weighted by atomic mass is 16.6. The Balaban J connectivity index is 2.62. The van der Waals surface area contributed by atoms with Crippen molar-refractivity contribution in [2.75, 3.05) is 13.2 Å². The smallest absolute Gasteiger partial charge is 0.270 e. The topological polar surface area (TPSA) is 131 Å². The summed E-state index contributed by atoms with van der Waals surface area (Å²) in [5.74, 6) is -0.0462. The molecule has 0 aromatic heterocycles. The van der Waals surface area contributed by atoms with E-state index in [0.717, 1.165) is 0 Å². The van der Waals surface area contributed by atoms with Crippen molar-refractivity contribution in [1.29, 1.82) is 5.26 Å². The lowest BCUT2D eigenvalue weighted by molar-refractivity contribution is -0.384. The summed E-state index contributed by atoms with van der Waals surface area (Å²) in [6.07, 6.45) is 0.220. The van der Waals surface area contributed by atoms with Crippen LogP contribution in [-0.2, 0) is 11.3 Å². The fraction of sp³-hybridized carbons (Fsp3) is 0.333. The molecule has 0 radical (unpaired) electrons. The Hall–Kier alpha value is -2.66. The molecule has 20 heavy (non-hydrogen) atoms. The molecule has 8 heteroatoms. The van der Waals surface area contributed by atoms with E-state index in [1.165, 1.54) is 18.2 Å². The van der Waals surface area contributed by atoms with Gasteiger partial charge in [-0.1, -0.05) is 0 Å². The Morgan fingerprint density at radius 2 is 2.30 bits per heavy atom. The molecule has 1 aromatic rings. The molecular weight excluding hydrogens is 264 g/mol. The first-order valence-electron chi connectivity index (χ1n) is 5.82. The van der Waals surface area contributed by atoms with Gasteiger partial charge < -0.3 is 15.8 Å². The second kappa shape index (κ2) is 7.70. The van der Waals surface area contributed by atoms with Crippen molar-refractivity contribution in [2.24, 2.45) is 5.73 Å². The predicted octanol–water partition coefficient (Wildman–Crippen LogP) is 0.462. The van der Waals surface area contributed by atoms with Gasteiger partial charge in [0.2, 0.25) is 0 Å². The lowest BCUT2D eigenvalue weighted by atomic mass is 10.2. The van der Waals surface area contributed by atoms with E-state index in [4.69, 9.17) is 15.7 Å². The third kappa shape index (κ3) is 4.55. The first-order chi connectivity index (χ1) is 9.58. The second-order valence-electron chi connectivity index (χ2n) is 3.80. The summed E-state index contributed by atoms with van der Waals surface area (Å²) >= 11 is 0. The maximum absolute atomic E-state index is 11.4. The van der Waals surface area contributed by atoms with Gasteiger partial charge in [0.05, 0.1) is 17.4 Å². The van der Waals surface area contributed by atoms with E-state index in [-0.39, 0.29) is 37.7 Å². The Morgan fingerprint density at radius 1 is 1.55 bits per heavy atom. The monoisotopic (exact) mass is 278 g/mol. The minimum absolute atomic E-state index is 0.0626. The van der Waals surface area contributed by atoms with Crippen molar-refractivity contribution < 1.29 is 14.5 Å². The molecule has 0 saturated carbocycles. The van der Waals surface area contributed by atoms with Gasteiger partial charge >= 0.3 is 0 Å². The quantitative estimate of drug-likeness (QED) is 0.423. The van der Waals surface area contributed by atoms with Crippen LogP contribution in [0.5, 0.6) is 5.75 Å². The van der Waals surface area contributed by atoms with E-state index in [1.807, 2.05) is 6.07 Å². The minimum Gasteiger partial charge on any atom is -0.483 e. The van der Waals surface area contributed by atoms with E-state index in [1.54, 1.807) is 0 Å². The number of ether oxygens (including phenoxy) is 1. The summed E-state index contributed by atoms with van der Waals surface area (Å²) in [6, 6.07) is 5.89. The van der Waals surface area contributed by atoms with Crippen molar-refractivity contribution in [1.82, 2.24) is 5.32 Å². The number of nitrogens with two attached hydrogens (primary N) is 1. The maximum Gasteiger partial charge on any atom is 0.270 e. The zero-order valence-electron chi connectivity index (χ0n) is 10.7. The van der Waals surface area contributed by atoms with Crippen LogP contribution in [0.4, 0.5) is 5.69 Å². The van der Waals surface area contributed by atoms with Crippen LogP contribution in [-0.4, -0.2) is 24.0 Å². The van der Waals surface area contributed by atoms with Crippen LogP contribution in [0.3, 0.4) is 0 Å². The fourth-order valence-corrected chi connectivity index (χ4v) is 1.43. The van der Waals surface area contributed by atoms with Crippen molar-refractivity contribution in [3.05, 3.63) is 33.9 Å². The van der Waals surface area contributed by atoms with E-state index >= 15 is 0 Å². The molecule has 0 atom stereocenters. The molecule has 106 valence electrons. The minimum atomic E-state index is -0.530. The van der Waals surface area contributed by atoms with Crippen LogP contribution in [0, 0.1) is 21.4 Å². The van der Waals surface area contributed by atoms with Crippen molar-refractivity contribution in [2.45, 2.75) is 13.0 Å². The van der Waals surface area contributed by atoms with Crippen LogP contribution in [0.1, 0.15) is 12.0 Å². The number of nitrogens with one attached hydrogen (secondary N) is 1. The summed E-state index contributed by atoms with van der Waals surface area (Å²) in [5, 5.41) is 21.4. The highest BCUT2D eigenvalue weighted by Gasteiger charge is 2.11. The molecule has 3 N–H and O–H groups in total. The average molecular weight is 278 g/mol.